The van der Waals surface area contributed by atoms with Gasteiger partial charge in [0.1, 0.15) is 0 Å². The maximum absolute atomic E-state index is 2.40. The third-order valence-corrected chi connectivity index (χ3v) is 8.59. The van der Waals surface area contributed by atoms with E-state index in [4.69, 9.17) is 0 Å². The van der Waals surface area contributed by atoms with E-state index >= 15 is 0 Å². The molecule has 0 saturated heterocycles. The first-order chi connectivity index (χ1) is 26.4. The lowest BCUT2D eigenvalue weighted by Crippen LogP contribution is -2.15. The molecule has 1 aliphatic carbocycles. The van der Waals surface area contributed by atoms with Crippen LogP contribution in [0.15, 0.2) is 188 Å². The van der Waals surface area contributed by atoms with Gasteiger partial charge in [-0.15, -0.1) is 0 Å². The fourth-order valence-electron chi connectivity index (χ4n) is 6.59. The number of hydrogen-bond donors (Lipinski definition) is 0. The molecule has 0 unspecified atom stereocenters. The van der Waals surface area contributed by atoms with E-state index in [1.807, 2.05) is 55.4 Å². The molecule has 0 saturated carbocycles. The molecule has 2 heteroatoms. The van der Waals surface area contributed by atoms with Gasteiger partial charge in [-0.1, -0.05) is 177 Å². The van der Waals surface area contributed by atoms with Gasteiger partial charge in [0.2, 0.25) is 0 Å². The molecule has 0 heterocycles. The Bertz CT molecular complexity index is 2190. The summed E-state index contributed by atoms with van der Waals surface area (Å²) >= 11 is 0. The standard InChI is InChI=1S/C43H32N2.4C2H6/c1-2-7-19-32(18-6-1)44(33-20-8-3-9-21-33)42-30-40-37-27-15-17-29-39(37)43(31-41(40)36-26-14-16-28-38(36)42)45(34-22-10-4-11-23-34)35-24-12-5-13-25-35;4*1-2/h1,3-31H,2H2;4*1-2H3. The topological polar surface area (TPSA) is 6.48 Å². The van der Waals surface area contributed by atoms with Crippen LogP contribution in [-0.4, -0.2) is 0 Å². The van der Waals surface area contributed by atoms with Gasteiger partial charge in [-0.3, -0.25) is 0 Å². The summed E-state index contributed by atoms with van der Waals surface area (Å²) < 4.78 is 0. The monoisotopic (exact) mass is 696 g/mol. The fourth-order valence-corrected chi connectivity index (χ4v) is 6.59. The van der Waals surface area contributed by atoms with Crippen molar-refractivity contribution in [2.24, 2.45) is 0 Å². The first-order valence-corrected chi connectivity index (χ1v) is 19.5. The summed E-state index contributed by atoms with van der Waals surface area (Å²) in [7, 11) is 0. The van der Waals surface area contributed by atoms with Crippen molar-refractivity contribution in [3.05, 3.63) is 188 Å². The zero-order chi connectivity index (χ0) is 38.0. The number of benzene rings is 7. The summed E-state index contributed by atoms with van der Waals surface area (Å²) in [5.74, 6) is 0. The molecule has 0 aliphatic heterocycles. The summed E-state index contributed by atoms with van der Waals surface area (Å²) in [5, 5.41) is 7.35. The number of rotatable bonds is 6. The van der Waals surface area contributed by atoms with Crippen LogP contribution in [0.25, 0.3) is 32.3 Å². The SMILES string of the molecule is C1=CCC=CC(N(c2ccccc2)c2cc3c4ccccc4c(N(c4ccccc4)c4ccccc4)cc3c3ccccc23)=C1.CC.CC.CC.CC. The molecule has 53 heavy (non-hydrogen) atoms. The lowest BCUT2D eigenvalue weighted by molar-refractivity contribution is 1.22. The molecule has 0 amide bonds. The number of hydrogen-bond acceptors (Lipinski definition) is 2. The highest BCUT2D eigenvalue weighted by atomic mass is 15.2. The zero-order valence-electron chi connectivity index (χ0n) is 32.9. The van der Waals surface area contributed by atoms with Crippen LogP contribution < -0.4 is 9.80 Å². The average molecular weight is 697 g/mol. The molecule has 0 radical (unpaired) electrons. The first kappa shape index (κ1) is 39.9. The van der Waals surface area contributed by atoms with Crippen molar-refractivity contribution >= 4 is 60.8 Å². The van der Waals surface area contributed by atoms with Crippen molar-refractivity contribution in [2.75, 3.05) is 9.80 Å². The highest BCUT2D eigenvalue weighted by Gasteiger charge is 2.22. The van der Waals surface area contributed by atoms with Gasteiger partial charge in [-0.05, 0) is 88.6 Å². The van der Waals surface area contributed by atoms with Crippen LogP contribution in [0, 0.1) is 0 Å². The van der Waals surface area contributed by atoms with Crippen LogP contribution in [0.4, 0.5) is 28.4 Å². The van der Waals surface area contributed by atoms with Crippen molar-refractivity contribution in [1.29, 1.82) is 0 Å². The number of nitrogens with zero attached hydrogens (tertiary/aromatic N) is 2. The predicted octanol–water partition coefficient (Wildman–Crippen LogP) is 16.3. The normalized spacial score (nSPS) is 11.3. The third kappa shape index (κ3) is 8.79. The van der Waals surface area contributed by atoms with E-state index in [1.54, 1.807) is 0 Å². The highest BCUT2D eigenvalue weighted by Crippen LogP contribution is 2.46. The Morgan fingerprint density at radius 3 is 1.15 bits per heavy atom. The van der Waals surface area contributed by atoms with Gasteiger partial charge in [0.25, 0.3) is 0 Å². The molecule has 1 aliphatic rings. The Labute approximate surface area is 319 Å². The van der Waals surface area contributed by atoms with Crippen molar-refractivity contribution in [1.82, 2.24) is 0 Å². The van der Waals surface area contributed by atoms with E-state index in [0.29, 0.717) is 0 Å². The van der Waals surface area contributed by atoms with Gasteiger partial charge in [0.15, 0.2) is 0 Å². The zero-order valence-corrected chi connectivity index (χ0v) is 32.9. The molecule has 0 spiro atoms. The minimum atomic E-state index is 0.924. The van der Waals surface area contributed by atoms with E-state index in [1.165, 1.54) is 32.3 Å². The minimum absolute atomic E-state index is 0.924. The minimum Gasteiger partial charge on any atom is -0.310 e. The summed E-state index contributed by atoms with van der Waals surface area (Å²) in [6.07, 6.45) is 12.0. The Morgan fingerprint density at radius 1 is 0.358 bits per heavy atom. The molecule has 0 N–H and O–H groups in total. The lowest BCUT2D eigenvalue weighted by atomic mass is 9.93. The first-order valence-electron chi connectivity index (χ1n) is 19.5. The number of anilines is 5. The summed E-state index contributed by atoms with van der Waals surface area (Å²) in [4.78, 5) is 4.78. The number of allylic oxidation sites excluding steroid dienone is 5. The molecule has 0 atom stereocenters. The largest absolute Gasteiger partial charge is 0.310 e. The Balaban J connectivity index is 0.000000737. The van der Waals surface area contributed by atoms with Gasteiger partial charge in [-0.25, -0.2) is 0 Å². The second kappa shape index (κ2) is 20.9. The van der Waals surface area contributed by atoms with Gasteiger partial charge < -0.3 is 9.80 Å². The van der Waals surface area contributed by atoms with Crippen LogP contribution in [0.5, 0.6) is 0 Å². The fraction of sp³-hybridized carbons (Fsp3) is 0.176. The van der Waals surface area contributed by atoms with Crippen LogP contribution in [0.3, 0.4) is 0 Å². The van der Waals surface area contributed by atoms with E-state index < -0.39 is 0 Å². The van der Waals surface area contributed by atoms with Gasteiger partial charge in [-0.2, -0.15) is 0 Å². The Hall–Kier alpha value is -5.86. The van der Waals surface area contributed by atoms with Gasteiger partial charge >= 0.3 is 0 Å². The second-order valence-electron chi connectivity index (χ2n) is 11.3. The summed E-state index contributed by atoms with van der Waals surface area (Å²) in [5.41, 5.74) is 6.85. The molecule has 7 aromatic rings. The maximum atomic E-state index is 2.40. The molecule has 0 bridgehead atoms. The van der Waals surface area contributed by atoms with Crippen molar-refractivity contribution < 1.29 is 0 Å². The van der Waals surface area contributed by atoms with Crippen LogP contribution >= 0.6 is 0 Å². The summed E-state index contributed by atoms with van der Waals surface area (Å²) in [6, 6.07) is 54.5. The van der Waals surface area contributed by atoms with Crippen molar-refractivity contribution in [2.45, 2.75) is 61.8 Å². The van der Waals surface area contributed by atoms with Gasteiger partial charge in [0, 0.05) is 33.5 Å². The van der Waals surface area contributed by atoms with Crippen LogP contribution in [0.2, 0.25) is 0 Å². The maximum Gasteiger partial charge on any atom is 0.0546 e. The third-order valence-electron chi connectivity index (χ3n) is 8.59. The second-order valence-corrected chi connectivity index (χ2v) is 11.3. The van der Waals surface area contributed by atoms with E-state index in [2.05, 4.69) is 192 Å². The average Bonchev–Trinajstić information content (AvgIpc) is 3.55. The smallest absolute Gasteiger partial charge is 0.0546 e. The van der Waals surface area contributed by atoms with Gasteiger partial charge in [0.05, 0.1) is 11.4 Å². The predicted molar refractivity (Wildman–Crippen MR) is 239 cm³/mol. The van der Waals surface area contributed by atoms with Crippen molar-refractivity contribution in [3.8, 4) is 0 Å². The quantitative estimate of drug-likeness (QED) is 0.160. The molecule has 270 valence electrons. The number of fused-ring (bicyclic) bond motifs is 5. The Morgan fingerprint density at radius 2 is 0.717 bits per heavy atom. The lowest BCUT2D eigenvalue weighted by Gasteiger charge is -2.30. The molecule has 8 rings (SSSR count). The molecule has 7 aromatic carbocycles. The van der Waals surface area contributed by atoms with E-state index in [-0.39, 0.29) is 0 Å². The number of para-hydroxylation sites is 3. The summed E-state index contributed by atoms with van der Waals surface area (Å²) in [6.45, 7) is 16.0. The molecule has 2 nitrogen and oxygen atoms in total. The molecular formula is C51H56N2. The van der Waals surface area contributed by atoms with E-state index in [9.17, 15) is 0 Å². The molecule has 0 aromatic heterocycles. The van der Waals surface area contributed by atoms with Crippen molar-refractivity contribution in [3.63, 3.8) is 0 Å². The Kier molecular flexibility index (Phi) is 15.7. The highest BCUT2D eigenvalue weighted by molar-refractivity contribution is 6.24. The molecular weight excluding hydrogens is 641 g/mol. The van der Waals surface area contributed by atoms with Crippen LogP contribution in [-0.2, 0) is 0 Å². The van der Waals surface area contributed by atoms with Crippen LogP contribution in [0.1, 0.15) is 61.8 Å². The van der Waals surface area contributed by atoms with E-state index in [0.717, 1.165) is 40.6 Å². The molecule has 0 fully saturated rings.